The van der Waals surface area contributed by atoms with E-state index in [-0.39, 0.29) is 30.0 Å². The summed E-state index contributed by atoms with van der Waals surface area (Å²) in [4.78, 5) is 12.3. The Balaban J connectivity index is 1.61. The highest BCUT2D eigenvalue weighted by atomic mass is 16.5. The number of amides is 1. The van der Waals surface area contributed by atoms with Gasteiger partial charge >= 0.3 is 0 Å². The van der Waals surface area contributed by atoms with Crippen LogP contribution >= 0.6 is 0 Å². The molecule has 102 valence electrons. The maximum atomic E-state index is 12.3. The van der Waals surface area contributed by atoms with Gasteiger partial charge in [-0.1, -0.05) is 24.3 Å². The van der Waals surface area contributed by atoms with Crippen molar-refractivity contribution < 1.29 is 9.53 Å². The number of nitrogens with two attached hydrogens (primary N) is 1. The normalized spacial score (nSPS) is 31.9. The van der Waals surface area contributed by atoms with Crippen LogP contribution in [0.15, 0.2) is 24.3 Å². The average molecular weight is 260 g/mol. The van der Waals surface area contributed by atoms with Gasteiger partial charge in [-0.2, -0.15) is 0 Å². The summed E-state index contributed by atoms with van der Waals surface area (Å²) >= 11 is 0. The van der Waals surface area contributed by atoms with Gasteiger partial charge in [-0.15, -0.1) is 0 Å². The van der Waals surface area contributed by atoms with Crippen molar-refractivity contribution in [3.8, 4) is 0 Å². The number of carbonyl (C=O) groups excluding carboxylic acids is 1. The second-order valence-corrected chi connectivity index (χ2v) is 5.38. The Kier molecular flexibility index (Phi) is 3.29. The molecule has 1 saturated carbocycles. The van der Waals surface area contributed by atoms with Crippen LogP contribution in [0.2, 0.25) is 0 Å². The molecule has 3 N–H and O–H groups in total. The van der Waals surface area contributed by atoms with Gasteiger partial charge in [0.05, 0.1) is 18.1 Å². The van der Waals surface area contributed by atoms with E-state index in [0.29, 0.717) is 6.61 Å². The summed E-state index contributed by atoms with van der Waals surface area (Å²) in [6.45, 7) is 2.63. The van der Waals surface area contributed by atoms with Crippen molar-refractivity contribution in [2.75, 3.05) is 6.61 Å². The lowest BCUT2D eigenvalue weighted by atomic mass is 9.76. The predicted molar refractivity (Wildman–Crippen MR) is 72.8 cm³/mol. The van der Waals surface area contributed by atoms with Crippen molar-refractivity contribution in [3.05, 3.63) is 35.4 Å². The molecule has 0 aromatic heterocycles. The Hall–Kier alpha value is -1.39. The summed E-state index contributed by atoms with van der Waals surface area (Å²) in [5.41, 5.74) is 8.38. The first-order valence-corrected chi connectivity index (χ1v) is 6.96. The second-order valence-electron chi connectivity index (χ2n) is 5.38. The van der Waals surface area contributed by atoms with E-state index in [1.165, 1.54) is 5.56 Å². The van der Waals surface area contributed by atoms with Crippen LogP contribution in [0.25, 0.3) is 0 Å². The minimum absolute atomic E-state index is 0.00808. The van der Waals surface area contributed by atoms with Crippen molar-refractivity contribution in [2.24, 2.45) is 5.73 Å². The summed E-state index contributed by atoms with van der Waals surface area (Å²) in [5.74, 6) is 0.0785. The molecular weight excluding hydrogens is 240 g/mol. The van der Waals surface area contributed by atoms with Crippen LogP contribution in [-0.2, 0) is 16.0 Å². The standard InChI is InChI=1S/C15H20N2O2/c1-2-19-13-8-12(16)14(13)17-15(18)11-7-9-5-3-4-6-10(9)11/h3-6,11-14H,2,7-8,16H2,1H3,(H,17,18). The number of rotatable bonds is 4. The highest BCUT2D eigenvalue weighted by molar-refractivity contribution is 5.87. The van der Waals surface area contributed by atoms with E-state index in [2.05, 4.69) is 11.4 Å². The third kappa shape index (κ3) is 2.15. The number of benzene rings is 1. The molecule has 0 aliphatic heterocycles. The lowest BCUT2D eigenvalue weighted by Crippen LogP contribution is -2.65. The first kappa shape index (κ1) is 12.6. The largest absolute Gasteiger partial charge is 0.376 e. The fourth-order valence-electron chi connectivity index (χ4n) is 2.98. The molecule has 19 heavy (non-hydrogen) atoms. The molecule has 4 unspecified atom stereocenters. The number of hydrogen-bond acceptors (Lipinski definition) is 3. The first-order chi connectivity index (χ1) is 9.20. The zero-order valence-corrected chi connectivity index (χ0v) is 11.1. The summed E-state index contributed by atoms with van der Waals surface area (Å²) in [6, 6.07) is 8.10. The summed E-state index contributed by atoms with van der Waals surface area (Å²) < 4.78 is 5.57. The Bertz CT molecular complexity index is 487. The van der Waals surface area contributed by atoms with E-state index in [9.17, 15) is 4.79 Å². The number of carbonyl (C=O) groups is 1. The van der Waals surface area contributed by atoms with Crippen molar-refractivity contribution in [2.45, 2.75) is 43.9 Å². The second kappa shape index (κ2) is 4.94. The molecule has 2 aliphatic carbocycles. The van der Waals surface area contributed by atoms with Gasteiger partial charge in [0.15, 0.2) is 0 Å². The molecule has 3 rings (SSSR count). The quantitative estimate of drug-likeness (QED) is 0.847. The van der Waals surface area contributed by atoms with E-state index in [1.54, 1.807) is 0 Å². The number of nitrogens with one attached hydrogen (secondary N) is 1. The zero-order valence-electron chi connectivity index (χ0n) is 11.1. The summed E-state index contributed by atoms with van der Waals surface area (Å²) in [7, 11) is 0. The minimum Gasteiger partial charge on any atom is -0.376 e. The Morgan fingerprint density at radius 1 is 1.47 bits per heavy atom. The van der Waals surface area contributed by atoms with Crippen LogP contribution in [0.1, 0.15) is 30.4 Å². The van der Waals surface area contributed by atoms with Gasteiger partial charge in [0, 0.05) is 12.6 Å². The zero-order chi connectivity index (χ0) is 13.4. The molecule has 4 heteroatoms. The molecule has 1 aromatic carbocycles. The third-order valence-electron chi connectivity index (χ3n) is 4.23. The molecule has 4 atom stereocenters. The Labute approximate surface area is 113 Å². The molecule has 1 amide bonds. The molecule has 0 saturated heterocycles. The van der Waals surface area contributed by atoms with E-state index in [0.717, 1.165) is 18.4 Å². The van der Waals surface area contributed by atoms with Crippen molar-refractivity contribution >= 4 is 5.91 Å². The van der Waals surface area contributed by atoms with Crippen LogP contribution in [0.3, 0.4) is 0 Å². The third-order valence-corrected chi connectivity index (χ3v) is 4.23. The Morgan fingerprint density at radius 2 is 2.26 bits per heavy atom. The smallest absolute Gasteiger partial charge is 0.228 e. The van der Waals surface area contributed by atoms with Gasteiger partial charge in [-0.05, 0) is 30.9 Å². The van der Waals surface area contributed by atoms with Crippen LogP contribution in [0.5, 0.6) is 0 Å². The summed E-state index contributed by atoms with van der Waals surface area (Å²) in [5, 5.41) is 3.05. The van der Waals surface area contributed by atoms with Gasteiger partial charge in [0.2, 0.25) is 5.91 Å². The molecular formula is C15H20N2O2. The lowest BCUT2D eigenvalue weighted by Gasteiger charge is -2.43. The topological polar surface area (TPSA) is 64.3 Å². The average Bonchev–Trinajstić information content (AvgIpc) is 2.37. The molecule has 1 fully saturated rings. The van der Waals surface area contributed by atoms with Crippen molar-refractivity contribution in [1.82, 2.24) is 5.32 Å². The number of ether oxygens (including phenoxy) is 1. The fourth-order valence-corrected chi connectivity index (χ4v) is 2.98. The molecule has 0 bridgehead atoms. The number of hydrogen-bond donors (Lipinski definition) is 2. The predicted octanol–water partition coefficient (Wildman–Crippen LogP) is 0.947. The summed E-state index contributed by atoms with van der Waals surface area (Å²) in [6.07, 6.45) is 1.75. The van der Waals surface area contributed by atoms with Crippen LogP contribution in [-0.4, -0.2) is 30.7 Å². The molecule has 4 nitrogen and oxygen atoms in total. The fraction of sp³-hybridized carbons (Fsp3) is 0.533. The van der Waals surface area contributed by atoms with Gasteiger partial charge in [0.25, 0.3) is 0 Å². The SMILES string of the molecule is CCOC1CC(N)C1NC(=O)C1Cc2ccccc21. The minimum atomic E-state index is -0.0276. The molecule has 2 aliphatic rings. The van der Waals surface area contributed by atoms with Crippen molar-refractivity contribution in [3.63, 3.8) is 0 Å². The molecule has 1 aromatic rings. The highest BCUT2D eigenvalue weighted by Gasteiger charge is 2.42. The number of fused-ring (bicyclic) bond motifs is 1. The van der Waals surface area contributed by atoms with Gasteiger partial charge in [0.1, 0.15) is 0 Å². The van der Waals surface area contributed by atoms with Crippen LogP contribution in [0, 0.1) is 0 Å². The maximum absolute atomic E-state index is 12.3. The molecule has 0 spiro atoms. The first-order valence-electron chi connectivity index (χ1n) is 6.96. The van der Waals surface area contributed by atoms with Gasteiger partial charge in [-0.3, -0.25) is 4.79 Å². The highest BCUT2D eigenvalue weighted by Crippen LogP contribution is 2.35. The van der Waals surface area contributed by atoms with Gasteiger partial charge < -0.3 is 15.8 Å². The van der Waals surface area contributed by atoms with Crippen molar-refractivity contribution in [1.29, 1.82) is 0 Å². The van der Waals surface area contributed by atoms with Gasteiger partial charge in [-0.25, -0.2) is 0 Å². The van der Waals surface area contributed by atoms with E-state index < -0.39 is 0 Å². The van der Waals surface area contributed by atoms with Crippen LogP contribution < -0.4 is 11.1 Å². The lowest BCUT2D eigenvalue weighted by molar-refractivity contribution is -0.127. The maximum Gasteiger partial charge on any atom is 0.228 e. The monoisotopic (exact) mass is 260 g/mol. The van der Waals surface area contributed by atoms with E-state index >= 15 is 0 Å². The molecule has 0 heterocycles. The van der Waals surface area contributed by atoms with Crippen LogP contribution in [0.4, 0.5) is 0 Å². The Morgan fingerprint density at radius 3 is 2.95 bits per heavy atom. The van der Waals surface area contributed by atoms with E-state index in [4.69, 9.17) is 10.5 Å². The van der Waals surface area contributed by atoms with E-state index in [1.807, 2.05) is 25.1 Å². The molecule has 0 radical (unpaired) electrons.